The van der Waals surface area contributed by atoms with E-state index in [1.807, 2.05) is 60.7 Å². The van der Waals surface area contributed by atoms with Crippen LogP contribution in [0.2, 0.25) is 25.7 Å². The SMILES string of the molecule is COC(=O)Nc1ccc(-c2cn(COCC[Si](C)(C)C)c(C(CC(=O)OCc3ccccc3)NC(=O)OC(C)(C)C)n2)c(C#CCN(C)C(=O)OCc2ccccc2)c1. The van der Waals surface area contributed by atoms with E-state index in [4.69, 9.17) is 28.7 Å². The molecular formula is C44H55N5O9Si. The minimum atomic E-state index is -1.43. The van der Waals surface area contributed by atoms with E-state index in [-0.39, 0.29) is 32.9 Å². The van der Waals surface area contributed by atoms with Gasteiger partial charge < -0.3 is 38.5 Å². The van der Waals surface area contributed by atoms with Crippen LogP contribution in [0.5, 0.6) is 0 Å². The molecule has 1 unspecified atom stereocenters. The summed E-state index contributed by atoms with van der Waals surface area (Å²) in [7, 11) is 1.41. The molecular weight excluding hydrogens is 771 g/mol. The fourth-order valence-electron chi connectivity index (χ4n) is 5.37. The van der Waals surface area contributed by atoms with Gasteiger partial charge in [0.05, 0.1) is 25.8 Å². The van der Waals surface area contributed by atoms with Crippen molar-refractivity contribution in [2.24, 2.45) is 0 Å². The molecule has 59 heavy (non-hydrogen) atoms. The quantitative estimate of drug-likeness (QED) is 0.0370. The van der Waals surface area contributed by atoms with Gasteiger partial charge >= 0.3 is 24.2 Å². The normalized spacial score (nSPS) is 11.7. The number of carbonyl (C=O) groups is 4. The van der Waals surface area contributed by atoms with Gasteiger partial charge in [0.2, 0.25) is 0 Å². The lowest BCUT2D eigenvalue weighted by Crippen LogP contribution is -2.37. The number of ether oxygens (including phenoxy) is 5. The molecule has 314 valence electrons. The van der Waals surface area contributed by atoms with Crippen molar-refractivity contribution in [3.63, 3.8) is 0 Å². The number of anilines is 1. The third-order valence-corrected chi connectivity index (χ3v) is 10.1. The van der Waals surface area contributed by atoms with Crippen LogP contribution in [0.15, 0.2) is 85.1 Å². The topological polar surface area (TPSA) is 160 Å². The molecule has 3 aromatic carbocycles. The zero-order chi connectivity index (χ0) is 43.0. The van der Waals surface area contributed by atoms with Gasteiger partial charge in [-0.25, -0.2) is 19.4 Å². The van der Waals surface area contributed by atoms with Crippen LogP contribution >= 0.6 is 0 Å². The number of esters is 1. The molecule has 1 heterocycles. The fraction of sp³-hybridized carbons (Fsp3) is 0.386. The van der Waals surface area contributed by atoms with Gasteiger partial charge in [-0.1, -0.05) is 92.1 Å². The van der Waals surface area contributed by atoms with Crippen molar-refractivity contribution in [1.82, 2.24) is 19.8 Å². The van der Waals surface area contributed by atoms with Crippen molar-refractivity contribution in [3.8, 4) is 23.1 Å². The van der Waals surface area contributed by atoms with Crippen LogP contribution in [0.1, 0.15) is 55.7 Å². The first-order chi connectivity index (χ1) is 28.0. The first-order valence-electron chi connectivity index (χ1n) is 19.2. The molecule has 1 atom stereocenters. The van der Waals surface area contributed by atoms with Crippen LogP contribution < -0.4 is 10.6 Å². The third kappa shape index (κ3) is 16.0. The molecule has 2 N–H and O–H groups in total. The Morgan fingerprint density at radius 3 is 2.15 bits per heavy atom. The zero-order valence-corrected chi connectivity index (χ0v) is 36.1. The van der Waals surface area contributed by atoms with E-state index in [0.717, 1.165) is 17.2 Å². The molecule has 3 amide bonds. The Morgan fingerprint density at radius 1 is 0.898 bits per heavy atom. The van der Waals surface area contributed by atoms with Gasteiger partial charge in [-0.2, -0.15) is 0 Å². The maximum absolute atomic E-state index is 13.4. The molecule has 0 fully saturated rings. The molecule has 0 bridgehead atoms. The molecule has 0 spiro atoms. The second-order valence-corrected chi connectivity index (χ2v) is 21.5. The van der Waals surface area contributed by atoms with E-state index in [0.29, 0.717) is 34.9 Å². The summed E-state index contributed by atoms with van der Waals surface area (Å²) >= 11 is 0. The maximum atomic E-state index is 13.4. The monoisotopic (exact) mass is 825 g/mol. The minimum Gasteiger partial charge on any atom is -0.461 e. The number of alkyl carbamates (subject to hydrolysis) is 1. The summed E-state index contributed by atoms with van der Waals surface area (Å²) in [5.41, 5.74) is 2.71. The lowest BCUT2D eigenvalue weighted by molar-refractivity contribution is -0.145. The average Bonchev–Trinajstić information content (AvgIpc) is 3.61. The van der Waals surface area contributed by atoms with Crippen molar-refractivity contribution in [2.45, 2.75) is 84.5 Å². The molecule has 1 aromatic heterocycles. The van der Waals surface area contributed by atoms with E-state index in [1.54, 1.807) is 56.8 Å². The largest absolute Gasteiger partial charge is 0.461 e. The number of nitrogens with one attached hydrogen (secondary N) is 2. The molecule has 0 aliphatic carbocycles. The third-order valence-electron chi connectivity index (χ3n) is 8.43. The summed E-state index contributed by atoms with van der Waals surface area (Å²) in [6.07, 6.45) is -0.476. The van der Waals surface area contributed by atoms with Crippen molar-refractivity contribution in [1.29, 1.82) is 0 Å². The molecule has 0 saturated carbocycles. The highest BCUT2D eigenvalue weighted by atomic mass is 28.3. The highest BCUT2D eigenvalue weighted by Crippen LogP contribution is 2.29. The summed E-state index contributed by atoms with van der Waals surface area (Å²) in [5, 5.41) is 5.49. The first kappa shape index (κ1) is 45.6. The van der Waals surface area contributed by atoms with E-state index < -0.39 is 44.0 Å². The van der Waals surface area contributed by atoms with Crippen molar-refractivity contribution in [3.05, 3.63) is 108 Å². The van der Waals surface area contributed by atoms with Crippen LogP contribution in [-0.2, 0) is 48.4 Å². The Kier molecular flexibility index (Phi) is 16.7. The lowest BCUT2D eigenvalue weighted by atomic mass is 10.0. The van der Waals surface area contributed by atoms with Crippen molar-refractivity contribution in [2.75, 3.05) is 32.6 Å². The predicted molar refractivity (Wildman–Crippen MR) is 227 cm³/mol. The molecule has 4 aromatic rings. The summed E-state index contributed by atoms with van der Waals surface area (Å²) in [5.74, 6) is 5.89. The molecule has 4 rings (SSSR count). The van der Waals surface area contributed by atoms with E-state index in [2.05, 4.69) is 42.1 Å². The number of nitrogens with zero attached hydrogens (tertiary/aromatic N) is 3. The van der Waals surface area contributed by atoms with Crippen molar-refractivity contribution < 1.29 is 42.9 Å². The zero-order valence-electron chi connectivity index (χ0n) is 35.1. The smallest absolute Gasteiger partial charge is 0.411 e. The first-order valence-corrected chi connectivity index (χ1v) is 22.9. The molecule has 0 aliphatic heterocycles. The average molecular weight is 826 g/mol. The number of aromatic nitrogens is 2. The maximum Gasteiger partial charge on any atom is 0.411 e. The number of rotatable bonds is 16. The minimum absolute atomic E-state index is 0.0271. The summed E-state index contributed by atoms with van der Waals surface area (Å²) < 4.78 is 29.4. The number of hydrogen-bond acceptors (Lipinski definition) is 10. The highest BCUT2D eigenvalue weighted by Gasteiger charge is 2.28. The van der Waals surface area contributed by atoms with Crippen molar-refractivity contribution >= 4 is 38.0 Å². The Hall–Kier alpha value is -6.11. The fourth-order valence-corrected chi connectivity index (χ4v) is 6.12. The van der Waals surface area contributed by atoms with Gasteiger partial charge in [0, 0.05) is 44.7 Å². The number of carbonyl (C=O) groups excluding carboxylic acids is 4. The standard InChI is InChI=1S/C44H55N5O9Si/c1-44(2,3)58-42(52)47-37(27-39(50)56-29-32-16-11-9-12-17-32)40-46-38(28-49(40)31-55-24-25-59(6,7)8)36-22-21-35(45-41(51)54-5)26-34(36)20-15-23-48(4)43(53)57-30-33-18-13-10-14-19-33/h9-14,16-19,21-22,26,28,37H,23-25,27,29-31H2,1-8H3,(H,45,51)(H,47,52). The van der Waals surface area contributed by atoms with Crippen LogP contribution in [0, 0.1) is 11.8 Å². The molecule has 0 aliphatic rings. The van der Waals surface area contributed by atoms with Crippen LogP contribution in [0.3, 0.4) is 0 Å². The number of benzene rings is 3. The Labute approximate surface area is 347 Å². The summed E-state index contributed by atoms with van der Waals surface area (Å²) in [6, 6.07) is 23.6. The Morgan fingerprint density at radius 2 is 1.54 bits per heavy atom. The Balaban J connectivity index is 1.71. The van der Waals surface area contributed by atoms with Gasteiger partial charge in [0.25, 0.3) is 0 Å². The van der Waals surface area contributed by atoms with Gasteiger partial charge in [0.1, 0.15) is 37.4 Å². The Bertz CT molecular complexity index is 2080. The van der Waals surface area contributed by atoms with Crippen LogP contribution in [-0.4, -0.2) is 79.7 Å². The highest BCUT2D eigenvalue weighted by molar-refractivity contribution is 6.76. The van der Waals surface area contributed by atoms with Gasteiger partial charge in [-0.05, 0) is 56.1 Å². The molecule has 0 saturated heterocycles. The van der Waals surface area contributed by atoms with Crippen LogP contribution in [0.25, 0.3) is 11.3 Å². The second-order valence-electron chi connectivity index (χ2n) is 15.9. The summed E-state index contributed by atoms with van der Waals surface area (Å²) in [6.45, 7) is 12.8. The van der Waals surface area contributed by atoms with Gasteiger partial charge in [-0.3, -0.25) is 10.1 Å². The molecule has 0 radical (unpaired) electrons. The number of hydrogen-bond donors (Lipinski definition) is 2. The van der Waals surface area contributed by atoms with E-state index >= 15 is 0 Å². The second kappa shape index (κ2) is 21.6. The number of methoxy groups -OCH3 is 1. The number of amides is 3. The number of imidazole rings is 1. The predicted octanol–water partition coefficient (Wildman–Crippen LogP) is 8.36. The lowest BCUT2D eigenvalue weighted by Gasteiger charge is -2.24. The van der Waals surface area contributed by atoms with Gasteiger partial charge in [0.15, 0.2) is 0 Å². The van der Waals surface area contributed by atoms with E-state index in [9.17, 15) is 19.2 Å². The molecule has 15 heteroatoms. The van der Waals surface area contributed by atoms with Gasteiger partial charge in [-0.15, -0.1) is 0 Å². The van der Waals surface area contributed by atoms with Crippen LogP contribution in [0.4, 0.5) is 20.1 Å². The summed E-state index contributed by atoms with van der Waals surface area (Å²) in [4.78, 5) is 57.9. The molecule has 14 nitrogen and oxygen atoms in total. The van der Waals surface area contributed by atoms with E-state index in [1.165, 1.54) is 12.0 Å².